The summed E-state index contributed by atoms with van der Waals surface area (Å²) in [6, 6.07) is 0.590. The van der Waals surface area contributed by atoms with Crippen molar-refractivity contribution in [2.45, 2.75) is 77.3 Å². The van der Waals surface area contributed by atoms with Crippen LogP contribution in [0.3, 0.4) is 0 Å². The molecule has 1 N–H and O–H groups in total. The molecule has 3 heteroatoms. The maximum absolute atomic E-state index is 5.52. The fraction of sp³-hybridized carbons (Fsp3) is 1.00. The Morgan fingerprint density at radius 3 is 2.30 bits per heavy atom. The van der Waals surface area contributed by atoms with Gasteiger partial charge in [0.2, 0.25) is 0 Å². The van der Waals surface area contributed by atoms with Crippen molar-refractivity contribution in [3.05, 3.63) is 0 Å². The molecule has 1 saturated heterocycles. The predicted molar refractivity (Wildman–Crippen MR) is 87.3 cm³/mol. The molecule has 1 rings (SSSR count). The highest BCUT2D eigenvalue weighted by Gasteiger charge is 2.37. The largest absolute Gasteiger partial charge is 0.379 e. The SMILES string of the molecule is CCCCCCCC(NC)C(C)(CC)N1CCOCC1. The van der Waals surface area contributed by atoms with Gasteiger partial charge in [-0.2, -0.15) is 0 Å². The zero-order valence-corrected chi connectivity index (χ0v) is 14.2. The summed E-state index contributed by atoms with van der Waals surface area (Å²) in [5.41, 5.74) is 0.267. The molecule has 0 saturated carbocycles. The van der Waals surface area contributed by atoms with Crippen LogP contribution in [0.15, 0.2) is 0 Å². The molecule has 0 spiro atoms. The van der Waals surface area contributed by atoms with E-state index in [1.54, 1.807) is 0 Å². The third-order valence-corrected chi connectivity index (χ3v) is 5.14. The number of nitrogens with zero attached hydrogens (tertiary/aromatic N) is 1. The molecular weight excluding hydrogens is 248 g/mol. The Morgan fingerprint density at radius 2 is 1.75 bits per heavy atom. The molecule has 1 aliphatic heterocycles. The van der Waals surface area contributed by atoms with Gasteiger partial charge in [0.25, 0.3) is 0 Å². The van der Waals surface area contributed by atoms with Crippen LogP contribution < -0.4 is 5.32 Å². The Bertz CT molecular complexity index is 241. The molecule has 120 valence electrons. The zero-order chi connectivity index (χ0) is 14.8. The van der Waals surface area contributed by atoms with Crippen LogP contribution in [0.4, 0.5) is 0 Å². The van der Waals surface area contributed by atoms with Crippen molar-refractivity contribution < 1.29 is 4.74 Å². The molecule has 0 aromatic heterocycles. The second-order valence-corrected chi connectivity index (χ2v) is 6.35. The average Bonchev–Trinajstić information content (AvgIpc) is 2.51. The van der Waals surface area contributed by atoms with Gasteiger partial charge in [0.05, 0.1) is 13.2 Å². The van der Waals surface area contributed by atoms with Crippen LogP contribution >= 0.6 is 0 Å². The van der Waals surface area contributed by atoms with Crippen LogP contribution in [0.2, 0.25) is 0 Å². The molecule has 1 heterocycles. The standard InChI is InChI=1S/C17H36N2O/c1-5-7-8-9-10-11-16(18-4)17(3,6-2)19-12-14-20-15-13-19/h16,18H,5-15H2,1-4H3. The van der Waals surface area contributed by atoms with Crippen LogP contribution in [0, 0.1) is 0 Å². The van der Waals surface area contributed by atoms with E-state index in [0.29, 0.717) is 6.04 Å². The third kappa shape index (κ3) is 5.01. The van der Waals surface area contributed by atoms with E-state index in [-0.39, 0.29) is 5.54 Å². The first kappa shape index (κ1) is 17.9. The number of hydrogen-bond acceptors (Lipinski definition) is 3. The van der Waals surface area contributed by atoms with Gasteiger partial charge in [0.1, 0.15) is 0 Å². The van der Waals surface area contributed by atoms with Gasteiger partial charge in [-0.05, 0) is 26.8 Å². The summed E-state index contributed by atoms with van der Waals surface area (Å²) in [6.07, 6.45) is 9.34. The highest BCUT2D eigenvalue weighted by atomic mass is 16.5. The molecule has 2 atom stereocenters. The number of unbranched alkanes of at least 4 members (excludes halogenated alkanes) is 4. The molecule has 20 heavy (non-hydrogen) atoms. The Morgan fingerprint density at radius 1 is 1.10 bits per heavy atom. The van der Waals surface area contributed by atoms with E-state index in [1.165, 1.54) is 44.9 Å². The summed E-state index contributed by atoms with van der Waals surface area (Å²) in [7, 11) is 2.13. The summed E-state index contributed by atoms with van der Waals surface area (Å²) in [6.45, 7) is 11.0. The fourth-order valence-electron chi connectivity index (χ4n) is 3.48. The van der Waals surface area contributed by atoms with Gasteiger partial charge in [-0.3, -0.25) is 4.90 Å². The van der Waals surface area contributed by atoms with Crippen molar-refractivity contribution >= 4 is 0 Å². The number of ether oxygens (including phenoxy) is 1. The second kappa shape index (κ2) is 9.75. The maximum atomic E-state index is 5.52. The summed E-state index contributed by atoms with van der Waals surface area (Å²) in [5, 5.41) is 3.60. The Balaban J connectivity index is 2.49. The topological polar surface area (TPSA) is 24.5 Å². The van der Waals surface area contributed by atoms with Crippen molar-refractivity contribution in [1.29, 1.82) is 0 Å². The van der Waals surface area contributed by atoms with Crippen molar-refractivity contribution in [3.63, 3.8) is 0 Å². The first-order chi connectivity index (χ1) is 9.69. The molecule has 2 unspecified atom stereocenters. The molecular formula is C17H36N2O. The Hall–Kier alpha value is -0.120. The van der Waals surface area contributed by atoms with Crippen molar-refractivity contribution in [2.24, 2.45) is 0 Å². The summed E-state index contributed by atoms with van der Waals surface area (Å²) < 4.78 is 5.52. The number of likely N-dealkylation sites (N-methyl/N-ethyl adjacent to an activating group) is 1. The van der Waals surface area contributed by atoms with Crippen molar-refractivity contribution in [2.75, 3.05) is 33.4 Å². The lowest BCUT2D eigenvalue weighted by Crippen LogP contribution is -2.61. The minimum Gasteiger partial charge on any atom is -0.379 e. The summed E-state index contributed by atoms with van der Waals surface area (Å²) in [5.74, 6) is 0. The molecule has 0 aromatic rings. The lowest BCUT2D eigenvalue weighted by Gasteiger charge is -2.48. The van der Waals surface area contributed by atoms with E-state index in [2.05, 4.69) is 38.0 Å². The summed E-state index contributed by atoms with van der Waals surface area (Å²) >= 11 is 0. The smallest absolute Gasteiger partial charge is 0.0594 e. The normalized spacial score (nSPS) is 21.6. The molecule has 0 aliphatic carbocycles. The molecule has 0 radical (unpaired) electrons. The van der Waals surface area contributed by atoms with E-state index in [1.807, 2.05) is 0 Å². The fourth-order valence-corrected chi connectivity index (χ4v) is 3.48. The van der Waals surface area contributed by atoms with Gasteiger partial charge >= 0.3 is 0 Å². The van der Waals surface area contributed by atoms with Gasteiger partial charge < -0.3 is 10.1 Å². The van der Waals surface area contributed by atoms with Gasteiger partial charge in [-0.1, -0.05) is 46.0 Å². The van der Waals surface area contributed by atoms with Crippen LogP contribution in [0.25, 0.3) is 0 Å². The zero-order valence-electron chi connectivity index (χ0n) is 14.2. The minimum absolute atomic E-state index is 0.267. The van der Waals surface area contributed by atoms with Crippen molar-refractivity contribution in [3.8, 4) is 0 Å². The first-order valence-corrected chi connectivity index (χ1v) is 8.69. The number of morpholine rings is 1. The predicted octanol–water partition coefficient (Wildman–Crippen LogP) is 3.44. The molecule has 3 nitrogen and oxygen atoms in total. The van der Waals surface area contributed by atoms with Gasteiger partial charge in [-0.25, -0.2) is 0 Å². The second-order valence-electron chi connectivity index (χ2n) is 6.35. The van der Waals surface area contributed by atoms with Gasteiger partial charge in [0, 0.05) is 24.7 Å². The Kier molecular flexibility index (Phi) is 8.74. The maximum Gasteiger partial charge on any atom is 0.0594 e. The number of rotatable bonds is 10. The lowest BCUT2D eigenvalue weighted by atomic mass is 9.83. The first-order valence-electron chi connectivity index (χ1n) is 8.69. The van der Waals surface area contributed by atoms with Crippen LogP contribution in [0.5, 0.6) is 0 Å². The highest BCUT2D eigenvalue weighted by molar-refractivity contribution is 4.96. The van der Waals surface area contributed by atoms with Gasteiger partial charge in [0.15, 0.2) is 0 Å². The van der Waals surface area contributed by atoms with Crippen LogP contribution in [0.1, 0.15) is 65.7 Å². The monoisotopic (exact) mass is 284 g/mol. The molecule has 0 amide bonds. The van der Waals surface area contributed by atoms with E-state index >= 15 is 0 Å². The highest BCUT2D eigenvalue weighted by Crippen LogP contribution is 2.28. The molecule has 1 aliphatic rings. The number of hydrogen-bond donors (Lipinski definition) is 1. The van der Waals surface area contributed by atoms with Crippen LogP contribution in [-0.4, -0.2) is 49.8 Å². The van der Waals surface area contributed by atoms with E-state index < -0.39 is 0 Å². The number of nitrogens with one attached hydrogen (secondary N) is 1. The summed E-state index contributed by atoms with van der Waals surface area (Å²) in [4.78, 5) is 2.64. The molecule has 1 fully saturated rings. The van der Waals surface area contributed by atoms with Crippen molar-refractivity contribution in [1.82, 2.24) is 10.2 Å². The molecule has 0 aromatic carbocycles. The lowest BCUT2D eigenvalue weighted by molar-refractivity contribution is -0.0327. The van der Waals surface area contributed by atoms with Gasteiger partial charge in [-0.15, -0.1) is 0 Å². The minimum atomic E-state index is 0.267. The van der Waals surface area contributed by atoms with E-state index in [0.717, 1.165) is 26.3 Å². The third-order valence-electron chi connectivity index (χ3n) is 5.14. The van der Waals surface area contributed by atoms with Crippen LogP contribution in [-0.2, 0) is 4.74 Å². The Labute approximate surface area is 126 Å². The average molecular weight is 284 g/mol. The van der Waals surface area contributed by atoms with E-state index in [9.17, 15) is 0 Å². The molecule has 0 bridgehead atoms. The van der Waals surface area contributed by atoms with E-state index in [4.69, 9.17) is 4.74 Å². The quantitative estimate of drug-likeness (QED) is 0.622.